The second kappa shape index (κ2) is 8.31. The molecule has 5 heteroatoms. The Balaban J connectivity index is 1.33. The van der Waals surface area contributed by atoms with Crippen LogP contribution in [0.25, 0.3) is 0 Å². The second-order valence-corrected chi connectivity index (χ2v) is 5.65. The Morgan fingerprint density at radius 3 is 2.57 bits per heavy atom. The molecule has 1 heterocycles. The molecule has 1 fully saturated rings. The molecule has 2 atom stereocenters. The van der Waals surface area contributed by atoms with E-state index < -0.39 is 0 Å². The number of rotatable bonds is 7. The van der Waals surface area contributed by atoms with E-state index in [1.165, 1.54) is 0 Å². The van der Waals surface area contributed by atoms with Gasteiger partial charge in [0.1, 0.15) is 18.5 Å². The van der Waals surface area contributed by atoms with Crippen molar-refractivity contribution in [2.75, 3.05) is 26.4 Å². The van der Waals surface area contributed by atoms with Crippen LogP contribution < -0.4 is 4.74 Å². The van der Waals surface area contributed by atoms with Crippen LogP contribution in [0.15, 0.2) is 54.6 Å². The van der Waals surface area contributed by atoms with Crippen molar-refractivity contribution in [2.24, 2.45) is 0 Å². The summed E-state index contributed by atoms with van der Waals surface area (Å²) < 4.78 is 22.6. The molecular formula is C18H19ClO4. The van der Waals surface area contributed by atoms with Gasteiger partial charge in [-0.25, -0.2) is 0 Å². The Hall–Kier alpha value is -1.59. The SMILES string of the molecule is Clc1ccc(C2OCC(COCCOc3ccccc3)O2)cc1. The van der Waals surface area contributed by atoms with Crippen molar-refractivity contribution >= 4 is 11.6 Å². The number of para-hydroxylation sites is 1. The second-order valence-electron chi connectivity index (χ2n) is 5.21. The zero-order chi connectivity index (χ0) is 15.9. The molecule has 2 unspecified atom stereocenters. The van der Waals surface area contributed by atoms with Gasteiger partial charge in [-0.15, -0.1) is 0 Å². The van der Waals surface area contributed by atoms with Crippen LogP contribution in [0.4, 0.5) is 0 Å². The molecule has 2 aromatic rings. The van der Waals surface area contributed by atoms with Gasteiger partial charge in [-0.05, 0) is 24.3 Å². The van der Waals surface area contributed by atoms with E-state index in [2.05, 4.69) is 0 Å². The molecule has 4 nitrogen and oxygen atoms in total. The first kappa shape index (κ1) is 16.3. The lowest BCUT2D eigenvalue weighted by atomic mass is 10.2. The Labute approximate surface area is 140 Å². The molecule has 3 rings (SSSR count). The van der Waals surface area contributed by atoms with E-state index in [4.69, 9.17) is 30.5 Å². The molecule has 0 spiro atoms. The molecule has 0 radical (unpaired) electrons. The van der Waals surface area contributed by atoms with Crippen molar-refractivity contribution in [2.45, 2.75) is 12.4 Å². The van der Waals surface area contributed by atoms with E-state index in [-0.39, 0.29) is 12.4 Å². The molecule has 0 N–H and O–H groups in total. The zero-order valence-electron chi connectivity index (χ0n) is 12.7. The van der Waals surface area contributed by atoms with E-state index in [1.54, 1.807) is 0 Å². The van der Waals surface area contributed by atoms with E-state index in [9.17, 15) is 0 Å². The lowest BCUT2D eigenvalue weighted by Crippen LogP contribution is -2.20. The average Bonchev–Trinajstić information content (AvgIpc) is 3.05. The van der Waals surface area contributed by atoms with E-state index in [0.29, 0.717) is 31.5 Å². The van der Waals surface area contributed by atoms with Crippen LogP contribution >= 0.6 is 11.6 Å². The maximum absolute atomic E-state index is 5.88. The molecule has 1 aliphatic heterocycles. The minimum Gasteiger partial charge on any atom is -0.491 e. The zero-order valence-corrected chi connectivity index (χ0v) is 13.4. The summed E-state index contributed by atoms with van der Waals surface area (Å²) in [4.78, 5) is 0. The number of hydrogen-bond acceptors (Lipinski definition) is 4. The molecule has 0 amide bonds. The van der Waals surface area contributed by atoms with Gasteiger partial charge in [0.25, 0.3) is 0 Å². The third kappa shape index (κ3) is 4.94. The molecular weight excluding hydrogens is 316 g/mol. The summed E-state index contributed by atoms with van der Waals surface area (Å²) in [6, 6.07) is 17.2. The number of hydrogen-bond donors (Lipinski definition) is 0. The standard InChI is InChI=1S/C18H19ClO4/c19-15-8-6-14(7-9-15)18-22-13-17(23-18)12-20-10-11-21-16-4-2-1-3-5-16/h1-9,17-18H,10-13H2. The molecule has 122 valence electrons. The van der Waals surface area contributed by atoms with Crippen molar-refractivity contribution in [1.82, 2.24) is 0 Å². The third-order valence-electron chi connectivity index (χ3n) is 3.44. The topological polar surface area (TPSA) is 36.9 Å². The van der Waals surface area contributed by atoms with Crippen molar-refractivity contribution in [1.29, 1.82) is 0 Å². The normalized spacial score (nSPS) is 20.6. The Morgan fingerprint density at radius 1 is 1.00 bits per heavy atom. The first-order valence-electron chi connectivity index (χ1n) is 7.59. The van der Waals surface area contributed by atoms with E-state index >= 15 is 0 Å². The van der Waals surface area contributed by atoms with Crippen LogP contribution in [-0.4, -0.2) is 32.5 Å². The van der Waals surface area contributed by atoms with Gasteiger partial charge in [0.05, 0.1) is 19.8 Å². The van der Waals surface area contributed by atoms with Gasteiger partial charge in [-0.2, -0.15) is 0 Å². The highest BCUT2D eigenvalue weighted by atomic mass is 35.5. The molecule has 1 saturated heterocycles. The maximum atomic E-state index is 5.88. The summed E-state index contributed by atoms with van der Waals surface area (Å²) in [5.41, 5.74) is 0.962. The van der Waals surface area contributed by atoms with Crippen molar-refractivity contribution < 1.29 is 18.9 Å². The van der Waals surface area contributed by atoms with Crippen LogP contribution in [0.1, 0.15) is 11.9 Å². The maximum Gasteiger partial charge on any atom is 0.184 e. The van der Waals surface area contributed by atoms with Crippen molar-refractivity contribution in [3.63, 3.8) is 0 Å². The summed E-state index contributed by atoms with van der Waals surface area (Å²) in [6.07, 6.45) is -0.408. The van der Waals surface area contributed by atoms with Crippen LogP contribution in [0.2, 0.25) is 5.02 Å². The molecule has 0 bridgehead atoms. The molecule has 0 saturated carbocycles. The predicted octanol–water partition coefficient (Wildman–Crippen LogP) is 3.85. The largest absolute Gasteiger partial charge is 0.491 e. The average molecular weight is 335 g/mol. The minimum atomic E-state index is -0.346. The molecule has 0 aromatic heterocycles. The first-order valence-corrected chi connectivity index (χ1v) is 7.97. The fourth-order valence-corrected chi connectivity index (χ4v) is 2.41. The fraction of sp³-hybridized carbons (Fsp3) is 0.333. The van der Waals surface area contributed by atoms with E-state index in [1.807, 2.05) is 54.6 Å². The van der Waals surface area contributed by atoms with Gasteiger partial charge < -0.3 is 18.9 Å². The number of halogens is 1. The van der Waals surface area contributed by atoms with E-state index in [0.717, 1.165) is 11.3 Å². The molecule has 0 aliphatic carbocycles. The van der Waals surface area contributed by atoms with Crippen LogP contribution in [-0.2, 0) is 14.2 Å². The monoisotopic (exact) mass is 334 g/mol. The van der Waals surface area contributed by atoms with Crippen LogP contribution in [0, 0.1) is 0 Å². The third-order valence-corrected chi connectivity index (χ3v) is 3.69. The van der Waals surface area contributed by atoms with Gasteiger partial charge >= 0.3 is 0 Å². The number of benzene rings is 2. The molecule has 1 aliphatic rings. The Kier molecular flexibility index (Phi) is 5.88. The van der Waals surface area contributed by atoms with Gasteiger partial charge in [-0.1, -0.05) is 41.9 Å². The van der Waals surface area contributed by atoms with Crippen molar-refractivity contribution in [3.8, 4) is 5.75 Å². The summed E-state index contributed by atoms with van der Waals surface area (Å²) >= 11 is 5.88. The predicted molar refractivity (Wildman–Crippen MR) is 87.8 cm³/mol. The smallest absolute Gasteiger partial charge is 0.184 e. The highest BCUT2D eigenvalue weighted by Gasteiger charge is 2.27. The van der Waals surface area contributed by atoms with Gasteiger partial charge in [0, 0.05) is 10.6 Å². The van der Waals surface area contributed by atoms with Gasteiger partial charge in [0.15, 0.2) is 6.29 Å². The number of ether oxygens (including phenoxy) is 4. The van der Waals surface area contributed by atoms with Gasteiger partial charge in [0.2, 0.25) is 0 Å². The summed E-state index contributed by atoms with van der Waals surface area (Å²) in [5.74, 6) is 0.847. The first-order chi connectivity index (χ1) is 11.3. The highest BCUT2D eigenvalue weighted by Crippen LogP contribution is 2.27. The quantitative estimate of drug-likeness (QED) is 0.721. The van der Waals surface area contributed by atoms with Gasteiger partial charge in [-0.3, -0.25) is 0 Å². The summed E-state index contributed by atoms with van der Waals surface area (Å²) in [6.45, 7) is 2.04. The Bertz CT molecular complexity index is 588. The summed E-state index contributed by atoms with van der Waals surface area (Å²) in [5, 5.41) is 0.699. The van der Waals surface area contributed by atoms with Crippen LogP contribution in [0.3, 0.4) is 0 Å². The fourth-order valence-electron chi connectivity index (χ4n) is 2.28. The van der Waals surface area contributed by atoms with Crippen molar-refractivity contribution in [3.05, 3.63) is 65.2 Å². The lowest BCUT2D eigenvalue weighted by molar-refractivity contribution is -0.0748. The molecule has 2 aromatic carbocycles. The Morgan fingerprint density at radius 2 is 1.78 bits per heavy atom. The lowest BCUT2D eigenvalue weighted by Gasteiger charge is -2.12. The summed E-state index contributed by atoms with van der Waals surface area (Å²) in [7, 11) is 0. The molecule has 23 heavy (non-hydrogen) atoms. The highest BCUT2D eigenvalue weighted by molar-refractivity contribution is 6.30. The van der Waals surface area contributed by atoms with Crippen LogP contribution in [0.5, 0.6) is 5.75 Å². The minimum absolute atomic E-state index is 0.0626.